The van der Waals surface area contributed by atoms with Crippen LogP contribution in [0.2, 0.25) is 0 Å². The van der Waals surface area contributed by atoms with Crippen LogP contribution in [0.3, 0.4) is 0 Å². The Labute approximate surface area is 203 Å². The minimum atomic E-state index is -3.68. The second-order valence-corrected chi connectivity index (χ2v) is 10.6. The molecular weight excluding hydrogens is 468 g/mol. The standard InChI is InChI=1S/C26H24N2O4S2/c1-19-9-15-22(16-10-19)34(30,31)28(2)20-11-13-21(14-12-20)32-18-26(29)27-24-7-4-3-6-23(24)25-8-5-17-33-25/h3-17H,18H2,1-2H3,(H,27,29). The Morgan fingerprint density at radius 3 is 2.32 bits per heavy atom. The zero-order chi connectivity index (χ0) is 24.1. The number of carbonyl (C=O) groups is 1. The average molecular weight is 493 g/mol. The van der Waals surface area contributed by atoms with Gasteiger partial charge >= 0.3 is 0 Å². The fraction of sp³-hybridized carbons (Fsp3) is 0.115. The SMILES string of the molecule is Cc1ccc(S(=O)(=O)N(C)c2ccc(OCC(=O)Nc3ccccc3-c3cccs3)cc2)cc1. The quantitative estimate of drug-likeness (QED) is 0.349. The van der Waals surface area contributed by atoms with Crippen molar-refractivity contribution in [2.45, 2.75) is 11.8 Å². The number of thiophene rings is 1. The van der Waals surface area contributed by atoms with Gasteiger partial charge in [-0.05, 0) is 60.8 Å². The monoisotopic (exact) mass is 492 g/mol. The molecule has 3 aromatic carbocycles. The van der Waals surface area contributed by atoms with E-state index in [0.717, 1.165) is 21.7 Å². The molecule has 0 radical (unpaired) electrons. The summed E-state index contributed by atoms with van der Waals surface area (Å²) in [7, 11) is -2.17. The third kappa shape index (κ3) is 5.30. The van der Waals surface area contributed by atoms with Crippen molar-refractivity contribution in [3.63, 3.8) is 0 Å². The van der Waals surface area contributed by atoms with E-state index >= 15 is 0 Å². The number of carbonyl (C=O) groups excluding carboxylic acids is 1. The van der Waals surface area contributed by atoms with E-state index in [9.17, 15) is 13.2 Å². The summed E-state index contributed by atoms with van der Waals surface area (Å²) in [6.45, 7) is 1.73. The fourth-order valence-corrected chi connectivity index (χ4v) is 5.29. The van der Waals surface area contributed by atoms with Gasteiger partial charge in [0.2, 0.25) is 0 Å². The van der Waals surface area contributed by atoms with Crippen molar-refractivity contribution in [1.82, 2.24) is 0 Å². The van der Waals surface area contributed by atoms with E-state index in [0.29, 0.717) is 11.4 Å². The maximum Gasteiger partial charge on any atom is 0.264 e. The summed E-state index contributed by atoms with van der Waals surface area (Å²) < 4.78 is 32.6. The lowest BCUT2D eigenvalue weighted by Crippen LogP contribution is -2.26. The van der Waals surface area contributed by atoms with E-state index in [2.05, 4.69) is 5.32 Å². The molecule has 0 saturated heterocycles. The fourth-order valence-electron chi connectivity index (χ4n) is 3.33. The molecule has 34 heavy (non-hydrogen) atoms. The van der Waals surface area contributed by atoms with Crippen molar-refractivity contribution in [3.05, 3.63) is 95.9 Å². The molecule has 0 fully saturated rings. The number of ether oxygens (including phenoxy) is 1. The summed E-state index contributed by atoms with van der Waals surface area (Å²) in [5, 5.41) is 4.89. The molecule has 1 N–H and O–H groups in total. The number of aryl methyl sites for hydroxylation is 1. The average Bonchev–Trinajstić information content (AvgIpc) is 3.38. The van der Waals surface area contributed by atoms with Crippen LogP contribution in [0, 0.1) is 6.92 Å². The summed E-state index contributed by atoms with van der Waals surface area (Å²) in [4.78, 5) is 13.8. The molecular formula is C26H24N2O4S2. The van der Waals surface area contributed by atoms with Gasteiger partial charge in [0, 0.05) is 23.2 Å². The van der Waals surface area contributed by atoms with Crippen LogP contribution in [0.1, 0.15) is 5.56 Å². The van der Waals surface area contributed by atoms with Crippen molar-refractivity contribution in [2.24, 2.45) is 0 Å². The highest BCUT2D eigenvalue weighted by Gasteiger charge is 2.21. The van der Waals surface area contributed by atoms with Crippen molar-refractivity contribution < 1.29 is 17.9 Å². The molecule has 8 heteroatoms. The summed E-state index contributed by atoms with van der Waals surface area (Å²) in [5.41, 5.74) is 3.15. The van der Waals surface area contributed by atoms with Crippen molar-refractivity contribution >= 4 is 38.6 Å². The van der Waals surface area contributed by atoms with Crippen LogP contribution in [-0.4, -0.2) is 28.0 Å². The molecule has 0 saturated carbocycles. The van der Waals surface area contributed by atoms with Gasteiger partial charge in [-0.25, -0.2) is 8.42 Å². The predicted molar refractivity (Wildman–Crippen MR) is 137 cm³/mol. The van der Waals surface area contributed by atoms with Crippen LogP contribution >= 0.6 is 11.3 Å². The Bertz CT molecular complexity index is 1370. The van der Waals surface area contributed by atoms with Crippen molar-refractivity contribution in [2.75, 3.05) is 23.3 Å². The lowest BCUT2D eigenvalue weighted by atomic mass is 10.1. The van der Waals surface area contributed by atoms with Gasteiger partial charge in [-0.2, -0.15) is 0 Å². The van der Waals surface area contributed by atoms with Crippen LogP contribution < -0.4 is 14.4 Å². The third-order valence-corrected chi connectivity index (χ3v) is 7.94. The number of anilines is 2. The van der Waals surface area contributed by atoms with Crippen LogP contribution in [0.4, 0.5) is 11.4 Å². The Morgan fingerprint density at radius 2 is 1.65 bits per heavy atom. The Balaban J connectivity index is 1.38. The molecule has 0 bridgehead atoms. The topological polar surface area (TPSA) is 75.7 Å². The van der Waals surface area contributed by atoms with Gasteiger partial charge in [-0.15, -0.1) is 11.3 Å². The molecule has 1 heterocycles. The van der Waals surface area contributed by atoms with Crippen molar-refractivity contribution in [3.8, 4) is 16.2 Å². The second-order valence-electron chi connectivity index (χ2n) is 7.64. The summed E-state index contributed by atoms with van der Waals surface area (Å²) in [6.07, 6.45) is 0. The smallest absolute Gasteiger partial charge is 0.264 e. The first-order valence-electron chi connectivity index (χ1n) is 10.6. The highest BCUT2D eigenvalue weighted by molar-refractivity contribution is 7.92. The highest BCUT2D eigenvalue weighted by Crippen LogP contribution is 2.31. The van der Waals surface area contributed by atoms with Crippen LogP contribution in [0.5, 0.6) is 5.75 Å². The molecule has 4 aromatic rings. The van der Waals surface area contributed by atoms with E-state index in [1.54, 1.807) is 59.9 Å². The van der Waals surface area contributed by atoms with Gasteiger partial charge in [0.25, 0.3) is 15.9 Å². The van der Waals surface area contributed by atoms with E-state index in [1.807, 2.05) is 48.7 Å². The maximum absolute atomic E-state index is 12.9. The molecule has 0 aliphatic carbocycles. The molecule has 174 valence electrons. The number of sulfonamides is 1. The van der Waals surface area contributed by atoms with Gasteiger partial charge < -0.3 is 10.1 Å². The largest absolute Gasteiger partial charge is 0.484 e. The van der Waals surface area contributed by atoms with Gasteiger partial charge in [0.05, 0.1) is 10.6 Å². The van der Waals surface area contributed by atoms with E-state index in [4.69, 9.17) is 4.74 Å². The minimum absolute atomic E-state index is 0.171. The molecule has 0 spiro atoms. The first-order valence-corrected chi connectivity index (χ1v) is 12.9. The predicted octanol–water partition coefficient (Wildman–Crippen LogP) is 5.57. The number of nitrogens with zero attached hydrogens (tertiary/aromatic N) is 1. The molecule has 6 nitrogen and oxygen atoms in total. The molecule has 0 atom stereocenters. The zero-order valence-electron chi connectivity index (χ0n) is 18.8. The first kappa shape index (κ1) is 23.5. The number of hydrogen-bond donors (Lipinski definition) is 1. The third-order valence-electron chi connectivity index (χ3n) is 5.24. The molecule has 1 aromatic heterocycles. The van der Waals surface area contributed by atoms with Crippen LogP contribution in [0.15, 0.2) is 95.2 Å². The summed E-state index contributed by atoms with van der Waals surface area (Å²) in [6, 6.07) is 24.9. The van der Waals surface area contributed by atoms with E-state index in [1.165, 1.54) is 11.4 Å². The Kier molecular flexibility index (Phi) is 7.00. The molecule has 1 amide bonds. The molecule has 4 rings (SSSR count). The number of benzene rings is 3. The number of para-hydroxylation sites is 1. The van der Waals surface area contributed by atoms with Gasteiger partial charge in [-0.1, -0.05) is 42.0 Å². The molecule has 0 aliphatic rings. The lowest BCUT2D eigenvalue weighted by Gasteiger charge is -2.20. The normalized spacial score (nSPS) is 11.1. The van der Waals surface area contributed by atoms with Gasteiger partial charge in [0.1, 0.15) is 5.75 Å². The van der Waals surface area contributed by atoms with Crippen molar-refractivity contribution in [1.29, 1.82) is 0 Å². The molecule has 0 unspecified atom stereocenters. The Hall–Kier alpha value is -3.62. The number of rotatable bonds is 8. The minimum Gasteiger partial charge on any atom is -0.484 e. The van der Waals surface area contributed by atoms with Crippen LogP contribution in [0.25, 0.3) is 10.4 Å². The maximum atomic E-state index is 12.9. The lowest BCUT2D eigenvalue weighted by molar-refractivity contribution is -0.118. The zero-order valence-corrected chi connectivity index (χ0v) is 20.4. The van der Waals surface area contributed by atoms with E-state index in [-0.39, 0.29) is 17.4 Å². The highest BCUT2D eigenvalue weighted by atomic mass is 32.2. The summed E-state index contributed by atoms with van der Waals surface area (Å²) >= 11 is 1.60. The number of nitrogens with one attached hydrogen (secondary N) is 1. The number of hydrogen-bond acceptors (Lipinski definition) is 5. The Morgan fingerprint density at radius 1 is 0.941 bits per heavy atom. The van der Waals surface area contributed by atoms with E-state index < -0.39 is 10.0 Å². The number of amides is 1. The molecule has 0 aliphatic heterocycles. The second kappa shape index (κ2) is 10.1. The van der Waals surface area contributed by atoms with Crippen LogP contribution in [-0.2, 0) is 14.8 Å². The first-order chi connectivity index (χ1) is 16.3. The summed E-state index contributed by atoms with van der Waals surface area (Å²) in [5.74, 6) is 0.179. The van der Waals surface area contributed by atoms with Gasteiger partial charge in [-0.3, -0.25) is 9.10 Å². The van der Waals surface area contributed by atoms with Gasteiger partial charge in [0.15, 0.2) is 6.61 Å².